The molecule has 1 atom stereocenters. The summed E-state index contributed by atoms with van der Waals surface area (Å²) in [5.41, 5.74) is 1.12. The first kappa shape index (κ1) is 12.4. The normalized spacial score (nSPS) is 16.7. The van der Waals surface area contributed by atoms with Crippen molar-refractivity contribution in [3.05, 3.63) is 29.3 Å². The van der Waals surface area contributed by atoms with Gasteiger partial charge in [-0.15, -0.1) is 0 Å². The molecule has 0 aliphatic carbocycles. The minimum atomic E-state index is -0.435. The molecule has 1 aromatic rings. The average Bonchev–Trinajstić information content (AvgIpc) is 2.79. The minimum absolute atomic E-state index is 0.264. The van der Waals surface area contributed by atoms with Crippen molar-refractivity contribution >= 4 is 11.9 Å². The lowest BCUT2D eigenvalue weighted by Gasteiger charge is -2.21. The molecule has 0 bridgehead atoms. The molecular formula is C12H14N2O4. The molecule has 1 aliphatic rings. The fourth-order valence-corrected chi connectivity index (χ4v) is 1.89. The van der Waals surface area contributed by atoms with Crippen LogP contribution in [0.15, 0.2) is 18.2 Å². The molecule has 0 aromatic heterocycles. The quantitative estimate of drug-likeness (QED) is 0.360. The van der Waals surface area contributed by atoms with Gasteiger partial charge in [0.1, 0.15) is 18.4 Å². The summed E-state index contributed by atoms with van der Waals surface area (Å²) in [4.78, 5) is 22.7. The van der Waals surface area contributed by atoms with E-state index in [0.717, 1.165) is 10.6 Å². The van der Waals surface area contributed by atoms with E-state index in [9.17, 15) is 9.59 Å². The van der Waals surface area contributed by atoms with Crippen LogP contribution in [0, 0.1) is 0 Å². The van der Waals surface area contributed by atoms with Crippen molar-refractivity contribution in [3.8, 4) is 5.75 Å². The molecule has 1 unspecified atom stereocenters. The summed E-state index contributed by atoms with van der Waals surface area (Å²) in [5.74, 6) is 5.61. The van der Waals surface area contributed by atoms with Crippen molar-refractivity contribution in [2.45, 2.75) is 13.0 Å². The van der Waals surface area contributed by atoms with Crippen LogP contribution in [0.2, 0.25) is 0 Å². The number of ether oxygens (including phenoxy) is 2. The summed E-state index contributed by atoms with van der Waals surface area (Å²) in [6.45, 7) is 1.66. The van der Waals surface area contributed by atoms with Gasteiger partial charge in [-0.1, -0.05) is 0 Å². The molecule has 0 radical (unpaired) electrons. The van der Waals surface area contributed by atoms with E-state index in [0.29, 0.717) is 11.3 Å². The number of nitrogens with zero attached hydrogens (tertiary/aromatic N) is 1. The predicted molar refractivity (Wildman–Crippen MR) is 62.7 cm³/mol. The number of esters is 1. The van der Waals surface area contributed by atoms with Crippen LogP contribution in [0.5, 0.6) is 5.75 Å². The Kier molecular flexibility index (Phi) is 3.20. The molecule has 0 fully saturated rings. The van der Waals surface area contributed by atoms with Crippen molar-refractivity contribution in [2.24, 2.45) is 5.84 Å². The Morgan fingerprint density at radius 1 is 1.50 bits per heavy atom. The Morgan fingerprint density at radius 3 is 2.83 bits per heavy atom. The Bertz CT molecular complexity index is 501. The Balaban J connectivity index is 2.36. The standard InChI is InChI=1S/C12H14N2O4/c1-7(15)14(13)10-6-18-11-4-3-8(5-9(10)11)12(16)17-2/h3-5,10H,6,13H2,1-2H3. The average molecular weight is 250 g/mol. The van der Waals surface area contributed by atoms with Gasteiger partial charge >= 0.3 is 5.97 Å². The highest BCUT2D eigenvalue weighted by molar-refractivity contribution is 5.90. The second-order valence-corrected chi connectivity index (χ2v) is 4.00. The second kappa shape index (κ2) is 4.66. The van der Waals surface area contributed by atoms with E-state index in [1.54, 1.807) is 18.2 Å². The summed E-state index contributed by atoms with van der Waals surface area (Å²) in [6.07, 6.45) is 0. The molecule has 18 heavy (non-hydrogen) atoms. The number of carbonyl (C=O) groups is 2. The third-order valence-corrected chi connectivity index (χ3v) is 2.89. The number of hydrazine groups is 1. The van der Waals surface area contributed by atoms with E-state index < -0.39 is 5.97 Å². The van der Waals surface area contributed by atoms with Gasteiger partial charge in [-0.3, -0.25) is 9.80 Å². The molecule has 6 heteroatoms. The minimum Gasteiger partial charge on any atom is -0.491 e. The van der Waals surface area contributed by atoms with Crippen molar-refractivity contribution in [1.82, 2.24) is 5.01 Å². The number of carbonyl (C=O) groups excluding carboxylic acids is 2. The summed E-state index contributed by atoms with van der Waals surface area (Å²) < 4.78 is 10.1. The Morgan fingerprint density at radius 2 is 2.22 bits per heavy atom. The molecule has 1 amide bonds. The first-order valence-corrected chi connectivity index (χ1v) is 5.44. The molecule has 96 valence electrons. The lowest BCUT2D eigenvalue weighted by molar-refractivity contribution is -0.131. The van der Waals surface area contributed by atoms with E-state index in [1.165, 1.54) is 14.0 Å². The molecule has 0 saturated carbocycles. The van der Waals surface area contributed by atoms with Gasteiger partial charge in [-0.2, -0.15) is 0 Å². The number of fused-ring (bicyclic) bond motifs is 1. The molecule has 1 aromatic carbocycles. The van der Waals surface area contributed by atoms with Crippen molar-refractivity contribution in [2.75, 3.05) is 13.7 Å². The fourth-order valence-electron chi connectivity index (χ4n) is 1.89. The maximum atomic E-state index is 11.4. The number of nitrogens with two attached hydrogens (primary N) is 1. The SMILES string of the molecule is COC(=O)c1ccc2c(c1)C(N(N)C(C)=O)CO2. The van der Waals surface area contributed by atoms with Gasteiger partial charge in [0.2, 0.25) is 5.91 Å². The zero-order chi connectivity index (χ0) is 13.3. The number of methoxy groups -OCH3 is 1. The third-order valence-electron chi connectivity index (χ3n) is 2.89. The Labute approximate surface area is 104 Å². The van der Waals surface area contributed by atoms with E-state index in [-0.39, 0.29) is 18.6 Å². The fraction of sp³-hybridized carbons (Fsp3) is 0.333. The highest BCUT2D eigenvalue weighted by Crippen LogP contribution is 2.35. The lowest BCUT2D eigenvalue weighted by Crippen LogP contribution is -2.39. The number of amides is 1. The summed E-state index contributed by atoms with van der Waals surface area (Å²) in [6, 6.07) is 4.56. The maximum Gasteiger partial charge on any atom is 0.337 e. The van der Waals surface area contributed by atoms with Gasteiger partial charge in [-0.05, 0) is 18.2 Å². The molecular weight excluding hydrogens is 236 g/mol. The van der Waals surface area contributed by atoms with Crippen molar-refractivity contribution in [1.29, 1.82) is 0 Å². The van der Waals surface area contributed by atoms with Crippen LogP contribution in [0.4, 0.5) is 0 Å². The van der Waals surface area contributed by atoms with E-state index in [2.05, 4.69) is 4.74 Å². The number of rotatable bonds is 2. The van der Waals surface area contributed by atoms with Crippen LogP contribution in [-0.4, -0.2) is 30.6 Å². The van der Waals surface area contributed by atoms with Crippen LogP contribution >= 0.6 is 0 Å². The first-order valence-electron chi connectivity index (χ1n) is 5.44. The van der Waals surface area contributed by atoms with Gasteiger partial charge in [0, 0.05) is 12.5 Å². The van der Waals surface area contributed by atoms with Gasteiger partial charge in [0.25, 0.3) is 0 Å². The van der Waals surface area contributed by atoms with Crippen LogP contribution in [0.25, 0.3) is 0 Å². The van der Waals surface area contributed by atoms with Gasteiger partial charge in [-0.25, -0.2) is 10.6 Å². The van der Waals surface area contributed by atoms with E-state index >= 15 is 0 Å². The van der Waals surface area contributed by atoms with Crippen molar-refractivity contribution < 1.29 is 19.1 Å². The maximum absolute atomic E-state index is 11.4. The molecule has 2 N–H and O–H groups in total. The monoisotopic (exact) mass is 250 g/mol. The zero-order valence-electron chi connectivity index (χ0n) is 10.2. The van der Waals surface area contributed by atoms with E-state index in [1.807, 2.05) is 0 Å². The van der Waals surface area contributed by atoms with Gasteiger partial charge in [0.05, 0.1) is 12.7 Å². The molecule has 0 spiro atoms. The van der Waals surface area contributed by atoms with Crippen LogP contribution in [0.3, 0.4) is 0 Å². The predicted octanol–water partition coefficient (Wildman–Crippen LogP) is 0.629. The largest absolute Gasteiger partial charge is 0.491 e. The highest BCUT2D eigenvalue weighted by Gasteiger charge is 2.30. The molecule has 1 heterocycles. The molecule has 1 aliphatic heterocycles. The third kappa shape index (κ3) is 2.02. The topological polar surface area (TPSA) is 81.9 Å². The van der Waals surface area contributed by atoms with Gasteiger partial charge in [0.15, 0.2) is 0 Å². The summed E-state index contributed by atoms with van der Waals surface area (Å²) in [7, 11) is 1.31. The lowest BCUT2D eigenvalue weighted by atomic mass is 10.0. The number of benzene rings is 1. The second-order valence-electron chi connectivity index (χ2n) is 4.00. The van der Waals surface area contributed by atoms with E-state index in [4.69, 9.17) is 10.6 Å². The zero-order valence-corrected chi connectivity index (χ0v) is 10.2. The van der Waals surface area contributed by atoms with Crippen LogP contribution in [0.1, 0.15) is 28.9 Å². The highest BCUT2D eigenvalue weighted by atomic mass is 16.5. The number of hydrogen-bond donors (Lipinski definition) is 1. The van der Waals surface area contributed by atoms with Crippen molar-refractivity contribution in [3.63, 3.8) is 0 Å². The molecule has 6 nitrogen and oxygen atoms in total. The molecule has 2 rings (SSSR count). The summed E-state index contributed by atoms with van der Waals surface area (Å²) >= 11 is 0. The first-order chi connectivity index (χ1) is 8.54. The summed E-state index contributed by atoms with van der Waals surface area (Å²) in [5, 5.41) is 1.10. The Hall–Kier alpha value is -2.08. The smallest absolute Gasteiger partial charge is 0.337 e. The van der Waals surface area contributed by atoms with Crippen LogP contribution in [-0.2, 0) is 9.53 Å². The molecule has 0 saturated heterocycles. The number of hydrogen-bond acceptors (Lipinski definition) is 5. The van der Waals surface area contributed by atoms with Crippen LogP contribution < -0.4 is 10.6 Å². The van der Waals surface area contributed by atoms with Gasteiger partial charge < -0.3 is 9.47 Å².